The molecule has 5 nitrogen and oxygen atoms in total. The zero-order chi connectivity index (χ0) is 20.4. The van der Waals surface area contributed by atoms with Gasteiger partial charge in [-0.3, -0.25) is 4.72 Å². The van der Waals surface area contributed by atoms with Crippen LogP contribution in [0.5, 0.6) is 0 Å². The fraction of sp³-hybridized carbons (Fsp3) is 0.478. The second-order valence-electron chi connectivity index (χ2n) is 8.54. The summed E-state index contributed by atoms with van der Waals surface area (Å²) in [7, 11) is -3.34. The minimum Gasteiger partial charge on any atom is -0.317 e. The SMILES string of the molecule is CC(C)S(=O)(=O)Nc1cccc(-c2ccc([C@H]3C[C@@H]3NC3CCNCC3)cc2)c1. The van der Waals surface area contributed by atoms with Gasteiger partial charge >= 0.3 is 0 Å². The second-order valence-corrected chi connectivity index (χ2v) is 10.8. The zero-order valence-corrected chi connectivity index (χ0v) is 18.0. The number of piperidine rings is 1. The molecule has 1 aliphatic carbocycles. The standard InChI is InChI=1S/C23H31N3O2S/c1-16(2)29(27,28)26-21-5-3-4-19(14-21)17-6-8-18(9-7-17)22-15-23(22)25-20-10-12-24-13-11-20/h3-9,14,16,20,22-26H,10-13,15H2,1-2H3/t22-,23+/m1/s1. The van der Waals surface area contributed by atoms with E-state index in [-0.39, 0.29) is 0 Å². The lowest BCUT2D eigenvalue weighted by atomic mass is 10.0. The number of rotatable bonds is 7. The number of nitrogens with one attached hydrogen (secondary N) is 3. The molecule has 0 spiro atoms. The van der Waals surface area contributed by atoms with Gasteiger partial charge in [0.05, 0.1) is 5.25 Å². The summed E-state index contributed by atoms with van der Waals surface area (Å²) in [5, 5.41) is 6.78. The third-order valence-electron chi connectivity index (χ3n) is 5.99. The quantitative estimate of drug-likeness (QED) is 0.647. The van der Waals surface area contributed by atoms with E-state index in [4.69, 9.17) is 0 Å². The van der Waals surface area contributed by atoms with Gasteiger partial charge in [-0.25, -0.2) is 8.42 Å². The van der Waals surface area contributed by atoms with E-state index in [1.54, 1.807) is 19.9 Å². The van der Waals surface area contributed by atoms with Gasteiger partial charge in [-0.2, -0.15) is 0 Å². The summed E-state index contributed by atoms with van der Waals surface area (Å²) in [5.41, 5.74) is 4.11. The molecule has 3 N–H and O–H groups in total. The molecule has 0 radical (unpaired) electrons. The van der Waals surface area contributed by atoms with Gasteiger partial charge < -0.3 is 10.6 Å². The molecule has 2 aromatic carbocycles. The minimum atomic E-state index is -3.34. The molecular formula is C23H31N3O2S. The van der Waals surface area contributed by atoms with Gasteiger partial charge in [0.2, 0.25) is 10.0 Å². The Labute approximate surface area is 174 Å². The summed E-state index contributed by atoms with van der Waals surface area (Å²) in [6.07, 6.45) is 3.66. The lowest BCUT2D eigenvalue weighted by molar-refractivity contribution is 0.383. The van der Waals surface area contributed by atoms with Gasteiger partial charge in [0, 0.05) is 23.7 Å². The smallest absolute Gasteiger partial charge is 0.235 e. The average Bonchev–Trinajstić information content (AvgIpc) is 3.48. The zero-order valence-electron chi connectivity index (χ0n) is 17.2. The highest BCUT2D eigenvalue weighted by atomic mass is 32.2. The van der Waals surface area contributed by atoms with Crippen LogP contribution in [0.2, 0.25) is 0 Å². The van der Waals surface area contributed by atoms with Crippen LogP contribution in [-0.4, -0.2) is 38.8 Å². The van der Waals surface area contributed by atoms with Crippen LogP contribution in [-0.2, 0) is 10.0 Å². The Bertz CT molecular complexity index is 935. The van der Waals surface area contributed by atoms with Crippen molar-refractivity contribution in [2.24, 2.45) is 0 Å². The van der Waals surface area contributed by atoms with E-state index in [0.29, 0.717) is 23.7 Å². The third kappa shape index (κ3) is 5.00. The van der Waals surface area contributed by atoms with Crippen molar-refractivity contribution < 1.29 is 8.42 Å². The lowest BCUT2D eigenvalue weighted by Gasteiger charge is -2.24. The van der Waals surface area contributed by atoms with Crippen molar-refractivity contribution in [1.29, 1.82) is 0 Å². The van der Waals surface area contributed by atoms with Crippen LogP contribution in [0.3, 0.4) is 0 Å². The molecule has 2 aromatic rings. The van der Waals surface area contributed by atoms with Gasteiger partial charge in [-0.15, -0.1) is 0 Å². The number of hydrogen-bond donors (Lipinski definition) is 3. The molecular weight excluding hydrogens is 382 g/mol. The summed E-state index contributed by atoms with van der Waals surface area (Å²) in [6, 6.07) is 17.6. The number of benzene rings is 2. The Hall–Kier alpha value is -1.89. The molecule has 0 unspecified atom stereocenters. The molecule has 2 aliphatic rings. The Morgan fingerprint density at radius 1 is 1.00 bits per heavy atom. The van der Waals surface area contributed by atoms with Crippen molar-refractivity contribution in [2.45, 2.75) is 56.4 Å². The van der Waals surface area contributed by atoms with Crippen LogP contribution in [0.4, 0.5) is 5.69 Å². The Balaban J connectivity index is 1.40. The topological polar surface area (TPSA) is 70.2 Å². The van der Waals surface area contributed by atoms with Gasteiger partial charge in [0.15, 0.2) is 0 Å². The largest absolute Gasteiger partial charge is 0.317 e. The van der Waals surface area contributed by atoms with E-state index >= 15 is 0 Å². The van der Waals surface area contributed by atoms with Crippen LogP contribution in [0.15, 0.2) is 48.5 Å². The van der Waals surface area contributed by atoms with Crippen molar-refractivity contribution in [2.75, 3.05) is 17.8 Å². The van der Waals surface area contributed by atoms with Crippen LogP contribution < -0.4 is 15.4 Å². The van der Waals surface area contributed by atoms with Crippen LogP contribution in [0.1, 0.15) is 44.6 Å². The fourth-order valence-corrected chi connectivity index (χ4v) is 4.70. The van der Waals surface area contributed by atoms with Crippen molar-refractivity contribution in [3.8, 4) is 11.1 Å². The van der Waals surface area contributed by atoms with Crippen molar-refractivity contribution in [3.63, 3.8) is 0 Å². The summed E-state index contributed by atoms with van der Waals surface area (Å²) in [4.78, 5) is 0. The lowest BCUT2D eigenvalue weighted by Crippen LogP contribution is -2.41. The summed E-state index contributed by atoms with van der Waals surface area (Å²) in [6.45, 7) is 5.60. The molecule has 0 amide bonds. The molecule has 4 rings (SSSR count). The molecule has 1 saturated carbocycles. The predicted octanol–water partition coefficient (Wildman–Crippen LogP) is 3.70. The molecule has 0 bridgehead atoms. The van der Waals surface area contributed by atoms with E-state index in [0.717, 1.165) is 24.2 Å². The Morgan fingerprint density at radius 2 is 1.72 bits per heavy atom. The highest BCUT2D eigenvalue weighted by Crippen LogP contribution is 2.42. The van der Waals surface area contributed by atoms with Gasteiger partial charge in [-0.1, -0.05) is 36.4 Å². The minimum absolute atomic E-state index is 0.463. The highest BCUT2D eigenvalue weighted by Gasteiger charge is 2.39. The van der Waals surface area contributed by atoms with Crippen LogP contribution in [0.25, 0.3) is 11.1 Å². The molecule has 1 heterocycles. The summed E-state index contributed by atoms with van der Waals surface area (Å²) < 4.78 is 26.9. The number of anilines is 1. The molecule has 6 heteroatoms. The number of sulfonamides is 1. The van der Waals surface area contributed by atoms with Crippen LogP contribution >= 0.6 is 0 Å². The van der Waals surface area contributed by atoms with Gasteiger partial charge in [0.1, 0.15) is 0 Å². The van der Waals surface area contributed by atoms with E-state index in [2.05, 4.69) is 39.6 Å². The Morgan fingerprint density at radius 3 is 2.41 bits per heavy atom. The highest BCUT2D eigenvalue weighted by molar-refractivity contribution is 7.93. The van der Waals surface area contributed by atoms with E-state index in [1.165, 1.54) is 24.8 Å². The fourth-order valence-electron chi connectivity index (χ4n) is 4.01. The Kier molecular flexibility index (Phi) is 5.95. The van der Waals surface area contributed by atoms with Crippen molar-refractivity contribution in [1.82, 2.24) is 10.6 Å². The van der Waals surface area contributed by atoms with Crippen LogP contribution in [0, 0.1) is 0 Å². The summed E-state index contributed by atoms with van der Waals surface area (Å²) >= 11 is 0. The monoisotopic (exact) mass is 413 g/mol. The van der Waals surface area contributed by atoms with Gasteiger partial charge in [-0.05, 0) is 75.0 Å². The number of hydrogen-bond acceptors (Lipinski definition) is 4. The average molecular weight is 414 g/mol. The van der Waals surface area contributed by atoms with Crippen molar-refractivity contribution >= 4 is 15.7 Å². The molecule has 156 valence electrons. The normalized spacial score (nSPS) is 22.6. The second kappa shape index (κ2) is 8.46. The van der Waals surface area contributed by atoms with E-state index in [1.807, 2.05) is 18.2 Å². The van der Waals surface area contributed by atoms with Gasteiger partial charge in [0.25, 0.3) is 0 Å². The first kappa shape index (κ1) is 20.4. The first-order chi connectivity index (χ1) is 13.9. The maximum Gasteiger partial charge on any atom is 0.235 e. The first-order valence-corrected chi connectivity index (χ1v) is 12.2. The molecule has 1 saturated heterocycles. The van der Waals surface area contributed by atoms with E-state index < -0.39 is 15.3 Å². The molecule has 2 fully saturated rings. The van der Waals surface area contributed by atoms with E-state index in [9.17, 15) is 8.42 Å². The predicted molar refractivity (Wildman–Crippen MR) is 120 cm³/mol. The molecule has 0 aromatic heterocycles. The third-order valence-corrected chi connectivity index (χ3v) is 7.76. The molecule has 1 aliphatic heterocycles. The maximum atomic E-state index is 12.1. The summed E-state index contributed by atoms with van der Waals surface area (Å²) in [5.74, 6) is 0.614. The molecule has 29 heavy (non-hydrogen) atoms. The maximum absolute atomic E-state index is 12.1. The first-order valence-electron chi connectivity index (χ1n) is 10.6. The molecule has 2 atom stereocenters. The van der Waals surface area contributed by atoms with Crippen molar-refractivity contribution in [3.05, 3.63) is 54.1 Å².